The largest absolute Gasteiger partial charge is 0.457 e. The van der Waals surface area contributed by atoms with E-state index in [2.05, 4.69) is 0 Å². The van der Waals surface area contributed by atoms with E-state index in [-0.39, 0.29) is 12.6 Å². The molecule has 0 aliphatic heterocycles. The number of carbonyl (C=O) groups is 1. The van der Waals surface area contributed by atoms with Crippen molar-refractivity contribution in [3.63, 3.8) is 0 Å². The fourth-order valence-corrected chi connectivity index (χ4v) is 3.36. The molecule has 3 rings (SSSR count). The van der Waals surface area contributed by atoms with Gasteiger partial charge in [0.2, 0.25) is 0 Å². The highest BCUT2D eigenvalue weighted by atomic mass is 35.5. The summed E-state index contributed by atoms with van der Waals surface area (Å²) in [6.07, 6.45) is 0. The summed E-state index contributed by atoms with van der Waals surface area (Å²) in [4.78, 5) is 12.7. The lowest BCUT2D eigenvalue weighted by Crippen LogP contribution is -2.03. The highest BCUT2D eigenvalue weighted by Crippen LogP contribution is 2.27. The molecule has 1 heterocycles. The molecule has 0 aliphatic rings. The Morgan fingerprint density at radius 1 is 1.10 bits per heavy atom. The Morgan fingerprint density at radius 2 is 1.90 bits per heavy atom. The van der Waals surface area contributed by atoms with Gasteiger partial charge in [0, 0.05) is 20.3 Å². The number of hydrogen-bond donors (Lipinski definition) is 0. The summed E-state index contributed by atoms with van der Waals surface area (Å²) >= 11 is 13.3. The molecule has 0 amide bonds. The first-order valence-corrected chi connectivity index (χ1v) is 7.80. The van der Waals surface area contributed by atoms with Crippen LogP contribution in [-0.2, 0) is 11.3 Å². The lowest BCUT2D eigenvalue weighted by Gasteiger charge is -2.05. The first-order chi connectivity index (χ1) is 10.1. The van der Waals surface area contributed by atoms with E-state index in [0.717, 1.165) is 15.6 Å². The number of esters is 1. The second-order valence-corrected chi connectivity index (χ2v) is 6.39. The van der Waals surface area contributed by atoms with Crippen LogP contribution in [0.5, 0.6) is 0 Å². The maximum Gasteiger partial charge on any atom is 0.348 e. The van der Waals surface area contributed by atoms with Crippen LogP contribution in [0, 0.1) is 0 Å². The molecule has 3 aromatic rings. The zero-order chi connectivity index (χ0) is 14.8. The van der Waals surface area contributed by atoms with Gasteiger partial charge in [0.1, 0.15) is 11.5 Å². The third-order valence-corrected chi connectivity index (χ3v) is 4.68. The molecule has 1 aromatic heterocycles. The quantitative estimate of drug-likeness (QED) is 0.585. The Balaban J connectivity index is 1.74. The van der Waals surface area contributed by atoms with E-state index in [1.807, 2.05) is 30.3 Å². The molecule has 21 heavy (non-hydrogen) atoms. The third kappa shape index (κ3) is 3.21. The molecule has 0 bridgehead atoms. The fraction of sp³-hybridized carbons (Fsp3) is 0.0625. The van der Waals surface area contributed by atoms with Crippen LogP contribution < -0.4 is 0 Å². The van der Waals surface area contributed by atoms with Crippen molar-refractivity contribution in [1.82, 2.24) is 0 Å². The van der Waals surface area contributed by atoms with Crippen molar-refractivity contribution >= 4 is 50.6 Å². The second kappa shape index (κ2) is 6.06. The lowest BCUT2D eigenvalue weighted by atomic mass is 10.2. The number of rotatable bonds is 3. The van der Waals surface area contributed by atoms with Crippen LogP contribution in [-0.4, -0.2) is 5.97 Å². The van der Waals surface area contributed by atoms with E-state index in [4.69, 9.17) is 27.9 Å². The van der Waals surface area contributed by atoms with Gasteiger partial charge in [0.15, 0.2) is 0 Å². The summed E-state index contributed by atoms with van der Waals surface area (Å²) in [6.45, 7) is 0.128. The number of fused-ring (bicyclic) bond motifs is 1. The van der Waals surface area contributed by atoms with E-state index >= 15 is 0 Å². The first-order valence-electron chi connectivity index (χ1n) is 6.23. The van der Waals surface area contributed by atoms with Crippen molar-refractivity contribution in [2.75, 3.05) is 0 Å². The first kappa shape index (κ1) is 14.4. The van der Waals surface area contributed by atoms with Gasteiger partial charge in [-0.15, -0.1) is 11.3 Å². The molecular weight excluding hydrogens is 327 g/mol. The van der Waals surface area contributed by atoms with Crippen molar-refractivity contribution in [2.24, 2.45) is 0 Å². The smallest absolute Gasteiger partial charge is 0.348 e. The molecule has 0 N–H and O–H groups in total. The highest BCUT2D eigenvalue weighted by Gasteiger charge is 2.12. The molecule has 0 radical (unpaired) electrons. The number of ether oxygens (including phenoxy) is 1. The Labute approximate surface area is 135 Å². The van der Waals surface area contributed by atoms with Crippen molar-refractivity contribution in [3.8, 4) is 0 Å². The number of benzene rings is 2. The zero-order valence-electron chi connectivity index (χ0n) is 10.8. The normalized spacial score (nSPS) is 10.8. The summed E-state index contributed by atoms with van der Waals surface area (Å²) in [5.74, 6) is -0.345. The standard InChI is InChI=1S/C16H10Cl2O2S/c17-12-6-5-11(13(18)8-12)9-20-16(19)15-7-10-3-1-2-4-14(10)21-15/h1-8H,9H2. The van der Waals surface area contributed by atoms with Crippen LogP contribution in [0.15, 0.2) is 48.5 Å². The molecule has 0 saturated heterocycles. The van der Waals surface area contributed by atoms with Crippen molar-refractivity contribution in [1.29, 1.82) is 0 Å². The van der Waals surface area contributed by atoms with Gasteiger partial charge < -0.3 is 4.74 Å². The summed E-state index contributed by atoms with van der Waals surface area (Å²) in [5.41, 5.74) is 0.732. The van der Waals surface area contributed by atoms with Crippen LogP contribution in [0.4, 0.5) is 0 Å². The van der Waals surface area contributed by atoms with Crippen LogP contribution in [0.3, 0.4) is 0 Å². The van der Waals surface area contributed by atoms with Gasteiger partial charge in [-0.25, -0.2) is 4.79 Å². The topological polar surface area (TPSA) is 26.3 Å². The maximum atomic E-state index is 12.1. The second-order valence-electron chi connectivity index (χ2n) is 4.46. The zero-order valence-corrected chi connectivity index (χ0v) is 13.1. The van der Waals surface area contributed by atoms with Gasteiger partial charge in [-0.2, -0.15) is 0 Å². The number of hydrogen-bond acceptors (Lipinski definition) is 3. The van der Waals surface area contributed by atoms with E-state index < -0.39 is 0 Å². The van der Waals surface area contributed by atoms with Gasteiger partial charge in [-0.05, 0) is 29.7 Å². The summed E-state index contributed by atoms with van der Waals surface area (Å²) in [5, 5.41) is 2.09. The molecule has 0 saturated carbocycles. The van der Waals surface area contributed by atoms with E-state index in [9.17, 15) is 4.79 Å². The molecular formula is C16H10Cl2O2S. The van der Waals surface area contributed by atoms with Crippen LogP contribution >= 0.6 is 34.5 Å². The molecule has 0 fully saturated rings. The molecule has 0 unspecified atom stereocenters. The Morgan fingerprint density at radius 3 is 2.67 bits per heavy atom. The molecule has 0 atom stereocenters. The number of halogens is 2. The van der Waals surface area contributed by atoms with Crippen molar-refractivity contribution < 1.29 is 9.53 Å². The van der Waals surface area contributed by atoms with E-state index in [1.54, 1.807) is 18.2 Å². The molecule has 2 nitrogen and oxygen atoms in total. The highest BCUT2D eigenvalue weighted by molar-refractivity contribution is 7.20. The van der Waals surface area contributed by atoms with Gasteiger partial charge in [-0.1, -0.05) is 47.5 Å². The van der Waals surface area contributed by atoms with Gasteiger partial charge >= 0.3 is 5.97 Å². The molecule has 2 aromatic carbocycles. The minimum Gasteiger partial charge on any atom is -0.457 e. The molecule has 0 spiro atoms. The Hall–Kier alpha value is -1.55. The third-order valence-electron chi connectivity index (χ3n) is 3.00. The lowest BCUT2D eigenvalue weighted by molar-refractivity contribution is 0.0479. The number of carbonyl (C=O) groups excluding carboxylic acids is 1. The average molecular weight is 337 g/mol. The molecule has 0 aliphatic carbocycles. The monoisotopic (exact) mass is 336 g/mol. The molecule has 5 heteroatoms. The SMILES string of the molecule is O=C(OCc1ccc(Cl)cc1Cl)c1cc2ccccc2s1. The van der Waals surface area contributed by atoms with Gasteiger partial charge in [-0.3, -0.25) is 0 Å². The maximum absolute atomic E-state index is 12.1. The average Bonchev–Trinajstić information content (AvgIpc) is 2.90. The summed E-state index contributed by atoms with van der Waals surface area (Å²) in [7, 11) is 0. The van der Waals surface area contributed by atoms with Crippen LogP contribution in [0.25, 0.3) is 10.1 Å². The van der Waals surface area contributed by atoms with E-state index in [1.165, 1.54) is 11.3 Å². The minimum absolute atomic E-state index is 0.128. The summed E-state index contributed by atoms with van der Waals surface area (Å²) in [6, 6.07) is 14.8. The van der Waals surface area contributed by atoms with Crippen molar-refractivity contribution in [2.45, 2.75) is 6.61 Å². The Kier molecular flexibility index (Phi) is 4.15. The fourth-order valence-electron chi connectivity index (χ4n) is 1.94. The predicted molar refractivity (Wildman–Crippen MR) is 87.4 cm³/mol. The summed E-state index contributed by atoms with van der Waals surface area (Å²) < 4.78 is 6.37. The van der Waals surface area contributed by atoms with Crippen molar-refractivity contribution in [3.05, 3.63) is 69.0 Å². The Bertz CT molecular complexity index is 778. The van der Waals surface area contributed by atoms with E-state index in [0.29, 0.717) is 14.9 Å². The number of thiophene rings is 1. The van der Waals surface area contributed by atoms with Crippen LogP contribution in [0.2, 0.25) is 10.0 Å². The minimum atomic E-state index is -0.345. The van der Waals surface area contributed by atoms with Crippen LogP contribution in [0.1, 0.15) is 15.2 Å². The molecule has 106 valence electrons. The van der Waals surface area contributed by atoms with Gasteiger partial charge in [0.05, 0.1) is 0 Å². The van der Waals surface area contributed by atoms with Gasteiger partial charge in [0.25, 0.3) is 0 Å². The predicted octanol–water partition coefficient (Wildman–Crippen LogP) is 5.57.